The van der Waals surface area contributed by atoms with Crippen LogP contribution in [-0.2, 0) is 14.2 Å². The summed E-state index contributed by atoms with van der Waals surface area (Å²) in [6, 6.07) is 0. The summed E-state index contributed by atoms with van der Waals surface area (Å²) in [5.41, 5.74) is -0.0990. The fourth-order valence-corrected chi connectivity index (χ4v) is 1.17. The van der Waals surface area contributed by atoms with Crippen molar-refractivity contribution in [2.45, 2.75) is 13.3 Å². The predicted octanol–water partition coefficient (Wildman–Crippen LogP) is 1.65. The molecule has 0 fully saturated rings. The zero-order chi connectivity index (χ0) is 9.45. The van der Waals surface area contributed by atoms with Crippen LogP contribution in [0, 0.1) is 19.6 Å². The van der Waals surface area contributed by atoms with E-state index in [2.05, 4.69) is 21.1 Å². The summed E-state index contributed by atoms with van der Waals surface area (Å²) in [6.45, 7) is 3.74. The monoisotopic (exact) mass is 708 g/mol. The smallest absolute Gasteiger partial charge is 0.0560 e. The summed E-state index contributed by atoms with van der Waals surface area (Å²) in [7, 11) is 8.37. The van der Waals surface area contributed by atoms with E-state index in [-0.39, 0.29) is 5.41 Å². The van der Waals surface area contributed by atoms with Crippen LogP contribution >= 0.6 is 0 Å². The molecule has 0 atom stereocenters. The van der Waals surface area contributed by atoms with Crippen LogP contribution in [0.3, 0.4) is 0 Å². The summed E-state index contributed by atoms with van der Waals surface area (Å²) in [5.74, 6) is 0. The van der Waals surface area contributed by atoms with Gasteiger partial charge in [0.2, 0.25) is 0 Å². The number of hydrogen-bond acceptors (Lipinski definition) is 3. The second-order valence-corrected chi connectivity index (χ2v) is 2.98. The van der Waals surface area contributed by atoms with Crippen molar-refractivity contribution in [2.24, 2.45) is 5.41 Å². The molecule has 0 bridgehead atoms. The summed E-state index contributed by atoms with van der Waals surface area (Å²) in [5, 5.41) is 0. The van der Waals surface area contributed by atoms with Crippen LogP contribution in [0.1, 0.15) is 13.3 Å². The number of hydrogen-bond donors (Lipinski definition) is 0. The van der Waals surface area contributed by atoms with Crippen LogP contribution in [0.2, 0.25) is 0 Å². The SMILES string of the molecule is [CH2-]OCC(CC)(CO[CH2-])COC.[Rf].[Rf]. The second-order valence-electron chi connectivity index (χ2n) is 2.98. The van der Waals surface area contributed by atoms with E-state index in [1.807, 2.05) is 0 Å². The minimum absolute atomic E-state index is 0. The minimum atomic E-state index is -0.0990. The van der Waals surface area contributed by atoms with Gasteiger partial charge in [-0.3, -0.25) is 0 Å². The Hall–Kier alpha value is -2.12. The van der Waals surface area contributed by atoms with Crippen LogP contribution in [0.25, 0.3) is 0 Å². The topological polar surface area (TPSA) is 27.7 Å². The zero-order valence-corrected chi connectivity index (χ0v) is 22.2. The average Bonchev–Trinajstić information content (AvgIpc) is 2.06. The van der Waals surface area contributed by atoms with Gasteiger partial charge in [0.15, 0.2) is 0 Å². The molecule has 0 aromatic rings. The minimum Gasteiger partial charge on any atom is -0.554 e. The molecule has 78 valence electrons. The first kappa shape index (κ1) is 17.8. The molecular formula is C9H18O3Rf2-2. The van der Waals surface area contributed by atoms with Gasteiger partial charge in [0.25, 0.3) is 0 Å². The molecule has 0 aliphatic carbocycles. The molecule has 0 aromatic carbocycles. The first-order chi connectivity index (χ1) is 5.74. The van der Waals surface area contributed by atoms with Gasteiger partial charge in [0.1, 0.15) is 0 Å². The van der Waals surface area contributed by atoms with Gasteiger partial charge in [0.05, 0.1) is 6.61 Å². The van der Waals surface area contributed by atoms with E-state index in [0.717, 1.165) is 6.42 Å². The molecule has 0 rings (SSSR count). The van der Waals surface area contributed by atoms with E-state index < -0.39 is 0 Å². The predicted molar refractivity (Wildman–Crippen MR) is 47.2 cm³/mol. The summed E-state index contributed by atoms with van der Waals surface area (Å²) in [6.07, 6.45) is 0.922. The zero-order valence-electron chi connectivity index (χ0n) is 9.38. The van der Waals surface area contributed by atoms with Crippen molar-refractivity contribution in [1.82, 2.24) is 0 Å². The molecule has 0 aliphatic heterocycles. The van der Waals surface area contributed by atoms with Crippen LogP contribution < -0.4 is 0 Å². The molecule has 14 heavy (non-hydrogen) atoms. The van der Waals surface area contributed by atoms with E-state index in [0.29, 0.717) is 19.8 Å². The molecule has 0 aromatic heterocycles. The Morgan fingerprint density at radius 3 is 1.64 bits per heavy atom. The third kappa shape index (κ3) is 4.70. The normalized spacial score (nSPS) is 10.3. The molecule has 3 nitrogen and oxygen atoms in total. The first-order valence-electron chi connectivity index (χ1n) is 3.97. The van der Waals surface area contributed by atoms with E-state index in [1.54, 1.807) is 7.11 Å². The first-order valence-corrected chi connectivity index (χ1v) is 3.97. The van der Waals surface area contributed by atoms with Crippen molar-refractivity contribution in [3.05, 3.63) is 14.2 Å². The standard InChI is InChI=1S/C9H18O3.2Rf/c1-5-9(6-10-2,7-11-3)8-12-4;;/h2-3,5-8H2,1,4H3;;/q-2;;. The summed E-state index contributed by atoms with van der Waals surface area (Å²) >= 11 is 0. The maximum absolute atomic E-state index is 5.09. The van der Waals surface area contributed by atoms with Gasteiger partial charge in [-0.05, 0) is 6.42 Å². The van der Waals surface area contributed by atoms with Crippen LogP contribution in [0.4, 0.5) is 0 Å². The average molecular weight is 708 g/mol. The van der Waals surface area contributed by atoms with E-state index in [1.165, 1.54) is 0 Å². The molecule has 0 saturated carbocycles. The second kappa shape index (κ2) is 8.97. The van der Waals surface area contributed by atoms with Gasteiger partial charge in [-0.25, -0.2) is 14.2 Å². The number of ether oxygens (including phenoxy) is 3. The van der Waals surface area contributed by atoms with Gasteiger partial charge in [0, 0.05) is 25.7 Å². The Bertz CT molecular complexity index is 95.2. The third-order valence-corrected chi connectivity index (χ3v) is 2.02. The van der Waals surface area contributed by atoms with E-state index in [4.69, 9.17) is 14.2 Å². The molecular weight excluding hydrogens is 690 g/mol. The number of rotatable bonds is 7. The molecule has 5 heteroatoms. The molecule has 0 radical (unpaired) electrons. The van der Waals surface area contributed by atoms with Gasteiger partial charge >= 0.3 is 0 Å². The molecule has 0 heterocycles. The van der Waals surface area contributed by atoms with Gasteiger partial charge in [-0.15, -0.1) is 0 Å². The van der Waals surface area contributed by atoms with Crippen molar-refractivity contribution in [2.75, 3.05) is 26.9 Å². The molecule has 0 unspecified atom stereocenters. The fourth-order valence-electron chi connectivity index (χ4n) is 1.17. The Labute approximate surface area is 75.0 Å². The molecule has 0 saturated heterocycles. The molecule has 0 N–H and O–H groups in total. The van der Waals surface area contributed by atoms with Crippen molar-refractivity contribution in [3.8, 4) is 0 Å². The molecule has 0 amide bonds. The van der Waals surface area contributed by atoms with Crippen molar-refractivity contribution in [3.63, 3.8) is 0 Å². The van der Waals surface area contributed by atoms with Crippen LogP contribution in [-0.4, -0.2) is 26.9 Å². The van der Waals surface area contributed by atoms with E-state index in [9.17, 15) is 0 Å². The molecule has 0 spiro atoms. The van der Waals surface area contributed by atoms with Crippen LogP contribution in [0.15, 0.2) is 0 Å². The number of methoxy groups -OCH3 is 1. The maximum Gasteiger partial charge on any atom is 0.0560 e. The Balaban J connectivity index is -0.000000605. The van der Waals surface area contributed by atoms with E-state index >= 15 is 0 Å². The summed E-state index contributed by atoms with van der Waals surface area (Å²) in [4.78, 5) is 0. The Morgan fingerprint density at radius 2 is 1.43 bits per heavy atom. The Morgan fingerprint density at radius 1 is 1.00 bits per heavy atom. The van der Waals surface area contributed by atoms with Gasteiger partial charge in [-0.2, -0.15) is 0 Å². The van der Waals surface area contributed by atoms with Crippen LogP contribution in [0.5, 0.6) is 0 Å². The summed E-state index contributed by atoms with van der Waals surface area (Å²) < 4.78 is 14.8. The Kier molecular flexibility index (Phi) is 11.4. The maximum atomic E-state index is 5.09. The molecule has 0 aliphatic rings. The van der Waals surface area contributed by atoms with Gasteiger partial charge in [-0.1, -0.05) is 6.92 Å². The largest absolute Gasteiger partial charge is 0.554 e. The van der Waals surface area contributed by atoms with Crippen molar-refractivity contribution < 1.29 is 14.2 Å². The quantitative estimate of drug-likeness (QED) is 0.377. The van der Waals surface area contributed by atoms with Gasteiger partial charge < -0.3 is 14.2 Å². The third-order valence-electron chi connectivity index (χ3n) is 2.02. The van der Waals surface area contributed by atoms with Crippen molar-refractivity contribution >= 4 is 0 Å². The fraction of sp³-hybridized carbons (Fsp3) is 0.778. The van der Waals surface area contributed by atoms with Crippen molar-refractivity contribution in [1.29, 1.82) is 0 Å².